The van der Waals surface area contributed by atoms with E-state index in [4.69, 9.17) is 0 Å². The van der Waals surface area contributed by atoms with E-state index < -0.39 is 48.3 Å². The number of hydrogen-bond acceptors (Lipinski definition) is 2. The lowest BCUT2D eigenvalue weighted by molar-refractivity contribution is -0.110. The van der Waals surface area contributed by atoms with Gasteiger partial charge >= 0.3 is 6.18 Å². The second-order valence-electron chi connectivity index (χ2n) is 8.02. The van der Waals surface area contributed by atoms with Gasteiger partial charge in [0.1, 0.15) is 17.7 Å². The smallest absolute Gasteiger partial charge is 0.386 e. The topological polar surface area (TPSA) is 40.5 Å². The SMILES string of the molecule is CC(F)(F)F.Cc1ccc(C2CCC(O)c3cc(F)cc(F)c32)c2c1C(O)C(F)(F)C2. The number of rotatable bonds is 1. The minimum absolute atomic E-state index is 0.154. The first-order chi connectivity index (χ1) is 14.2. The van der Waals surface area contributed by atoms with Gasteiger partial charge < -0.3 is 10.2 Å². The van der Waals surface area contributed by atoms with Gasteiger partial charge in [-0.2, -0.15) is 13.2 Å². The third-order valence-electron chi connectivity index (χ3n) is 5.64. The van der Waals surface area contributed by atoms with Crippen LogP contribution in [0, 0.1) is 18.6 Å². The molecule has 2 nitrogen and oxygen atoms in total. The second-order valence-corrected chi connectivity index (χ2v) is 8.02. The third kappa shape index (κ3) is 4.72. The molecule has 0 bridgehead atoms. The molecule has 0 saturated heterocycles. The molecule has 31 heavy (non-hydrogen) atoms. The molecule has 0 aromatic heterocycles. The Kier molecular flexibility index (Phi) is 6.14. The van der Waals surface area contributed by atoms with E-state index in [9.17, 15) is 40.9 Å². The van der Waals surface area contributed by atoms with Crippen LogP contribution in [-0.2, 0) is 6.42 Å². The number of benzene rings is 2. The van der Waals surface area contributed by atoms with Crippen molar-refractivity contribution >= 4 is 0 Å². The fourth-order valence-electron chi connectivity index (χ4n) is 4.43. The van der Waals surface area contributed by atoms with Gasteiger partial charge in [-0.05, 0) is 53.6 Å². The van der Waals surface area contributed by atoms with Gasteiger partial charge in [0.05, 0.1) is 6.10 Å². The van der Waals surface area contributed by atoms with Crippen molar-refractivity contribution in [1.29, 1.82) is 0 Å². The predicted molar refractivity (Wildman–Crippen MR) is 98.9 cm³/mol. The molecule has 0 spiro atoms. The summed E-state index contributed by atoms with van der Waals surface area (Å²) in [6.45, 7) is 1.84. The molecule has 9 heteroatoms. The zero-order valence-corrected chi connectivity index (χ0v) is 16.7. The Morgan fingerprint density at radius 3 is 2.19 bits per heavy atom. The monoisotopic (exact) mass is 450 g/mol. The zero-order chi connectivity index (χ0) is 23.3. The summed E-state index contributed by atoms with van der Waals surface area (Å²) in [7, 11) is 0. The lowest BCUT2D eigenvalue weighted by atomic mass is 9.75. The maximum atomic E-state index is 14.6. The lowest BCUT2D eigenvalue weighted by Gasteiger charge is -2.31. The summed E-state index contributed by atoms with van der Waals surface area (Å²) in [4.78, 5) is 0. The molecule has 2 aromatic carbocycles. The number of hydrogen-bond donors (Lipinski definition) is 2. The van der Waals surface area contributed by atoms with Crippen LogP contribution >= 0.6 is 0 Å². The molecule has 0 heterocycles. The standard InChI is InChI=1S/C20H18F4O2.C2H3F3/c1-9-2-3-11(14-8-20(23,24)19(26)17(9)14)12-4-5-16(25)13-6-10(21)7-15(22)18(12)13;1-2(3,4)5/h2-3,6-7,12,16,19,25-26H,4-5,8H2,1H3;1H3. The quantitative estimate of drug-likeness (QED) is 0.522. The minimum Gasteiger partial charge on any atom is -0.388 e. The normalized spacial score (nSPS) is 24.2. The molecule has 2 N–H and O–H groups in total. The highest BCUT2D eigenvalue weighted by atomic mass is 19.4. The number of fused-ring (bicyclic) bond motifs is 2. The van der Waals surface area contributed by atoms with E-state index >= 15 is 0 Å². The van der Waals surface area contributed by atoms with Crippen LogP contribution in [-0.4, -0.2) is 22.3 Å². The van der Waals surface area contributed by atoms with Gasteiger partial charge in [0.15, 0.2) is 0 Å². The fourth-order valence-corrected chi connectivity index (χ4v) is 4.43. The Morgan fingerprint density at radius 2 is 1.58 bits per heavy atom. The maximum Gasteiger partial charge on any atom is 0.386 e. The molecular weight excluding hydrogens is 429 g/mol. The first-order valence-electron chi connectivity index (χ1n) is 9.62. The highest BCUT2D eigenvalue weighted by Gasteiger charge is 2.49. The number of alkyl halides is 5. The molecule has 170 valence electrons. The van der Waals surface area contributed by atoms with Gasteiger partial charge in [0, 0.05) is 30.9 Å². The summed E-state index contributed by atoms with van der Waals surface area (Å²) in [6, 6.07) is 5.18. The lowest BCUT2D eigenvalue weighted by Crippen LogP contribution is -2.22. The maximum absolute atomic E-state index is 14.6. The minimum atomic E-state index is -4.00. The van der Waals surface area contributed by atoms with E-state index in [0.29, 0.717) is 23.1 Å². The highest BCUT2D eigenvalue weighted by molar-refractivity contribution is 5.52. The van der Waals surface area contributed by atoms with Gasteiger partial charge in [0.2, 0.25) is 0 Å². The van der Waals surface area contributed by atoms with Crippen LogP contribution in [0.25, 0.3) is 0 Å². The van der Waals surface area contributed by atoms with E-state index in [1.54, 1.807) is 19.1 Å². The van der Waals surface area contributed by atoms with Crippen molar-refractivity contribution < 1.29 is 40.9 Å². The van der Waals surface area contributed by atoms with Crippen molar-refractivity contribution in [2.75, 3.05) is 0 Å². The number of aliphatic hydroxyl groups excluding tert-OH is 2. The van der Waals surface area contributed by atoms with Crippen LogP contribution in [0.15, 0.2) is 24.3 Å². The van der Waals surface area contributed by atoms with Crippen LogP contribution in [0.3, 0.4) is 0 Å². The Bertz CT molecular complexity index is 979. The Hall–Kier alpha value is -2.13. The molecule has 0 fully saturated rings. The summed E-state index contributed by atoms with van der Waals surface area (Å²) in [6.07, 6.45) is -6.85. The van der Waals surface area contributed by atoms with Crippen molar-refractivity contribution in [3.8, 4) is 0 Å². The molecule has 3 atom stereocenters. The first-order valence-corrected chi connectivity index (χ1v) is 9.62. The molecule has 0 amide bonds. The van der Waals surface area contributed by atoms with Crippen LogP contribution in [0.5, 0.6) is 0 Å². The van der Waals surface area contributed by atoms with Crippen molar-refractivity contribution in [3.05, 3.63) is 69.3 Å². The summed E-state index contributed by atoms with van der Waals surface area (Å²) in [5.74, 6) is -5.41. The van der Waals surface area contributed by atoms with Crippen LogP contribution in [0.1, 0.15) is 71.3 Å². The summed E-state index contributed by atoms with van der Waals surface area (Å²) < 4.78 is 87.5. The summed E-state index contributed by atoms with van der Waals surface area (Å²) in [5, 5.41) is 20.2. The van der Waals surface area contributed by atoms with Crippen LogP contribution in [0.4, 0.5) is 30.7 Å². The van der Waals surface area contributed by atoms with E-state index in [1.807, 2.05) is 0 Å². The summed E-state index contributed by atoms with van der Waals surface area (Å²) in [5.41, 5.74) is 1.92. The second kappa shape index (κ2) is 8.09. The number of aliphatic hydroxyl groups is 2. The zero-order valence-electron chi connectivity index (χ0n) is 16.7. The largest absolute Gasteiger partial charge is 0.388 e. The van der Waals surface area contributed by atoms with Gasteiger partial charge in [-0.25, -0.2) is 17.6 Å². The molecule has 2 aliphatic rings. The molecular formula is C22H21F7O2. The number of halogens is 7. The number of aryl methyl sites for hydroxylation is 1. The van der Waals surface area contributed by atoms with Crippen LogP contribution in [0.2, 0.25) is 0 Å². The van der Waals surface area contributed by atoms with E-state index in [0.717, 1.165) is 12.1 Å². The average molecular weight is 450 g/mol. The molecule has 0 radical (unpaired) electrons. The van der Waals surface area contributed by atoms with E-state index in [-0.39, 0.29) is 30.0 Å². The van der Waals surface area contributed by atoms with E-state index in [1.165, 1.54) is 0 Å². The Balaban J connectivity index is 0.000000491. The first kappa shape index (κ1) is 23.5. The predicted octanol–water partition coefficient (Wildman–Crippen LogP) is 6.03. The van der Waals surface area contributed by atoms with Gasteiger partial charge in [0.25, 0.3) is 5.92 Å². The van der Waals surface area contributed by atoms with Crippen molar-refractivity contribution in [2.24, 2.45) is 0 Å². The van der Waals surface area contributed by atoms with Gasteiger partial charge in [-0.15, -0.1) is 0 Å². The van der Waals surface area contributed by atoms with Gasteiger partial charge in [-0.1, -0.05) is 12.1 Å². The van der Waals surface area contributed by atoms with E-state index in [2.05, 4.69) is 0 Å². The molecule has 2 aromatic rings. The molecule has 3 unspecified atom stereocenters. The van der Waals surface area contributed by atoms with Crippen LogP contribution < -0.4 is 0 Å². The van der Waals surface area contributed by atoms with Crippen molar-refractivity contribution in [2.45, 2.75) is 63.3 Å². The Labute approximate surface area is 174 Å². The molecule has 0 aliphatic heterocycles. The highest BCUT2D eigenvalue weighted by Crippen LogP contribution is 2.50. The molecule has 2 aliphatic carbocycles. The van der Waals surface area contributed by atoms with Crippen molar-refractivity contribution in [1.82, 2.24) is 0 Å². The Morgan fingerprint density at radius 1 is 0.968 bits per heavy atom. The van der Waals surface area contributed by atoms with Gasteiger partial charge in [-0.3, -0.25) is 0 Å². The summed E-state index contributed by atoms with van der Waals surface area (Å²) >= 11 is 0. The van der Waals surface area contributed by atoms with Crippen molar-refractivity contribution in [3.63, 3.8) is 0 Å². The molecule has 4 rings (SSSR count). The third-order valence-corrected chi connectivity index (χ3v) is 5.64. The average Bonchev–Trinajstić information content (AvgIpc) is 2.85. The fraction of sp³-hybridized carbons (Fsp3) is 0.455. The molecule has 0 saturated carbocycles.